The average Bonchev–Trinajstić information content (AvgIpc) is 2.68. The molecular weight excluding hydrogens is 294 g/mol. The van der Waals surface area contributed by atoms with Gasteiger partial charge in [0.1, 0.15) is 5.69 Å². The van der Waals surface area contributed by atoms with E-state index in [0.29, 0.717) is 18.8 Å². The Morgan fingerprint density at radius 2 is 2.17 bits per heavy atom. The minimum Gasteiger partial charge on any atom is -0.343 e. The van der Waals surface area contributed by atoms with Crippen LogP contribution in [0.4, 0.5) is 0 Å². The highest BCUT2D eigenvalue weighted by Crippen LogP contribution is 2.19. The number of hydrogen-bond acceptors (Lipinski definition) is 2. The molecule has 0 unspecified atom stereocenters. The molecule has 0 saturated carbocycles. The third-order valence-corrected chi connectivity index (χ3v) is 3.42. The maximum Gasteiger partial charge on any atom is 0.270 e. The molecule has 0 saturated heterocycles. The summed E-state index contributed by atoms with van der Waals surface area (Å²) in [6, 6.07) is 1.86. The first-order valence-electron chi connectivity index (χ1n) is 6.12. The summed E-state index contributed by atoms with van der Waals surface area (Å²) in [5, 5.41) is 0. The highest BCUT2D eigenvalue weighted by molar-refractivity contribution is 9.10. The van der Waals surface area contributed by atoms with E-state index >= 15 is 0 Å². The maximum absolute atomic E-state index is 12.4. The van der Waals surface area contributed by atoms with Crippen molar-refractivity contribution in [2.45, 2.75) is 27.3 Å². The Kier molecular flexibility index (Phi) is 4.99. The summed E-state index contributed by atoms with van der Waals surface area (Å²) in [5.74, 6) is 0.0316. The van der Waals surface area contributed by atoms with E-state index in [0.717, 1.165) is 11.0 Å². The van der Waals surface area contributed by atoms with Gasteiger partial charge in [0.05, 0.1) is 0 Å². The van der Waals surface area contributed by atoms with Gasteiger partial charge in [-0.05, 0) is 40.9 Å². The first-order chi connectivity index (χ1) is 8.30. The van der Waals surface area contributed by atoms with Gasteiger partial charge >= 0.3 is 0 Å². The van der Waals surface area contributed by atoms with Crippen molar-refractivity contribution in [3.8, 4) is 0 Å². The molecule has 0 aromatic carbocycles. The zero-order valence-corrected chi connectivity index (χ0v) is 13.1. The van der Waals surface area contributed by atoms with Crippen molar-refractivity contribution in [3.05, 3.63) is 22.4 Å². The van der Waals surface area contributed by atoms with E-state index in [1.165, 1.54) is 0 Å². The van der Waals surface area contributed by atoms with Crippen molar-refractivity contribution >= 4 is 21.8 Å². The van der Waals surface area contributed by atoms with Crippen LogP contribution in [0.15, 0.2) is 16.7 Å². The van der Waals surface area contributed by atoms with E-state index in [4.69, 9.17) is 5.73 Å². The Hall–Kier alpha value is -0.810. The van der Waals surface area contributed by atoms with Crippen molar-refractivity contribution in [1.82, 2.24) is 9.47 Å². The van der Waals surface area contributed by atoms with Gasteiger partial charge in [0, 0.05) is 30.8 Å². The van der Waals surface area contributed by atoms with Gasteiger partial charge in [-0.25, -0.2) is 0 Å². The Labute approximate surface area is 117 Å². The molecule has 0 fully saturated rings. The fraction of sp³-hybridized carbons (Fsp3) is 0.615. The summed E-state index contributed by atoms with van der Waals surface area (Å²) in [6.07, 6.45) is 1.93. The number of aromatic nitrogens is 1. The van der Waals surface area contributed by atoms with E-state index in [2.05, 4.69) is 29.8 Å². The molecule has 4 nitrogen and oxygen atoms in total. The third-order valence-electron chi connectivity index (χ3n) is 2.99. The molecule has 0 aliphatic carbocycles. The quantitative estimate of drug-likeness (QED) is 0.906. The maximum atomic E-state index is 12.4. The van der Waals surface area contributed by atoms with E-state index in [-0.39, 0.29) is 11.3 Å². The van der Waals surface area contributed by atoms with Crippen LogP contribution >= 0.6 is 15.9 Å². The van der Waals surface area contributed by atoms with Gasteiger partial charge in [-0.15, -0.1) is 0 Å². The molecule has 0 spiro atoms. The van der Waals surface area contributed by atoms with Crippen LogP contribution in [-0.4, -0.2) is 35.5 Å². The first-order valence-corrected chi connectivity index (χ1v) is 6.91. The van der Waals surface area contributed by atoms with Gasteiger partial charge in [0.2, 0.25) is 0 Å². The lowest BCUT2D eigenvalue weighted by Gasteiger charge is -2.29. The molecule has 0 atom stereocenters. The van der Waals surface area contributed by atoms with Gasteiger partial charge < -0.3 is 15.2 Å². The van der Waals surface area contributed by atoms with Crippen molar-refractivity contribution < 1.29 is 4.79 Å². The molecule has 2 N–H and O–H groups in total. The molecule has 0 aliphatic heterocycles. The molecule has 0 radical (unpaired) electrons. The predicted molar refractivity (Wildman–Crippen MR) is 77.6 cm³/mol. The molecule has 102 valence electrons. The topological polar surface area (TPSA) is 51.3 Å². The summed E-state index contributed by atoms with van der Waals surface area (Å²) in [7, 11) is 1.82. The van der Waals surface area contributed by atoms with Crippen LogP contribution < -0.4 is 5.73 Å². The molecule has 1 aromatic rings. The summed E-state index contributed by atoms with van der Waals surface area (Å²) in [6.45, 7) is 8.13. The fourth-order valence-electron chi connectivity index (χ4n) is 1.89. The van der Waals surface area contributed by atoms with Crippen LogP contribution in [0, 0.1) is 5.41 Å². The summed E-state index contributed by atoms with van der Waals surface area (Å²) in [4.78, 5) is 14.1. The zero-order chi connectivity index (χ0) is 13.9. The summed E-state index contributed by atoms with van der Waals surface area (Å²) in [5.41, 5.74) is 6.35. The molecule has 0 aliphatic rings. The minimum atomic E-state index is -0.0642. The lowest BCUT2D eigenvalue weighted by molar-refractivity contribution is 0.0730. The number of carbonyl (C=O) groups excluding carboxylic acids is 1. The molecule has 1 amide bonds. The largest absolute Gasteiger partial charge is 0.343 e. The molecule has 1 heterocycles. The summed E-state index contributed by atoms with van der Waals surface area (Å²) < 4.78 is 2.87. The van der Waals surface area contributed by atoms with E-state index in [9.17, 15) is 4.79 Å². The molecule has 5 heteroatoms. The predicted octanol–water partition coefficient (Wildman–Crippen LogP) is 2.33. The number of nitrogens with two attached hydrogens (primary N) is 1. The van der Waals surface area contributed by atoms with Crippen LogP contribution in [0.3, 0.4) is 0 Å². The Bertz CT molecular complexity index is 426. The lowest BCUT2D eigenvalue weighted by Crippen LogP contribution is -2.40. The highest BCUT2D eigenvalue weighted by Gasteiger charge is 2.23. The molecule has 18 heavy (non-hydrogen) atoms. The molecule has 1 aromatic heterocycles. The van der Waals surface area contributed by atoms with Crippen LogP contribution in [0.5, 0.6) is 0 Å². The van der Waals surface area contributed by atoms with Crippen LogP contribution in [0.1, 0.15) is 31.3 Å². The number of carbonyl (C=O) groups is 1. The minimum absolute atomic E-state index is 0.0316. The van der Waals surface area contributed by atoms with E-state index in [1.807, 2.05) is 30.8 Å². The van der Waals surface area contributed by atoms with E-state index < -0.39 is 0 Å². The first kappa shape index (κ1) is 15.2. The van der Waals surface area contributed by atoms with Gasteiger partial charge in [-0.1, -0.05) is 13.8 Å². The number of nitrogens with zero attached hydrogens (tertiary/aromatic N) is 2. The highest BCUT2D eigenvalue weighted by atomic mass is 79.9. The van der Waals surface area contributed by atoms with Crippen LogP contribution in [-0.2, 0) is 6.54 Å². The third kappa shape index (κ3) is 3.59. The van der Waals surface area contributed by atoms with Gasteiger partial charge in [-0.2, -0.15) is 0 Å². The second-order valence-corrected chi connectivity index (χ2v) is 6.27. The monoisotopic (exact) mass is 315 g/mol. The molecular formula is C13H22BrN3O. The molecule has 1 rings (SSSR count). The van der Waals surface area contributed by atoms with Crippen LogP contribution in [0.2, 0.25) is 0 Å². The smallest absolute Gasteiger partial charge is 0.270 e. The SMILES string of the molecule is CCn1cc(Br)cc1C(=O)N(C)CC(C)(C)CN. The normalized spacial score (nSPS) is 11.7. The number of hydrogen-bond donors (Lipinski definition) is 1. The van der Waals surface area contributed by atoms with Crippen molar-refractivity contribution in [1.29, 1.82) is 0 Å². The average molecular weight is 316 g/mol. The van der Waals surface area contributed by atoms with Crippen molar-refractivity contribution in [3.63, 3.8) is 0 Å². The second-order valence-electron chi connectivity index (χ2n) is 5.36. The standard InChI is InChI=1S/C13H22BrN3O/c1-5-17-7-10(14)6-11(17)12(18)16(4)9-13(2,3)8-15/h6-7H,5,8-9,15H2,1-4H3. The Morgan fingerprint density at radius 3 is 2.67 bits per heavy atom. The van der Waals surface area contributed by atoms with Crippen molar-refractivity contribution in [2.75, 3.05) is 20.1 Å². The number of amides is 1. The van der Waals surface area contributed by atoms with E-state index in [1.54, 1.807) is 4.90 Å². The number of rotatable bonds is 5. The summed E-state index contributed by atoms with van der Waals surface area (Å²) >= 11 is 3.40. The Morgan fingerprint density at radius 1 is 1.56 bits per heavy atom. The second kappa shape index (κ2) is 5.89. The van der Waals surface area contributed by atoms with Crippen molar-refractivity contribution in [2.24, 2.45) is 11.1 Å². The Balaban J connectivity index is 2.86. The lowest BCUT2D eigenvalue weighted by atomic mass is 9.93. The fourth-order valence-corrected chi connectivity index (χ4v) is 2.35. The molecule has 0 bridgehead atoms. The van der Waals surface area contributed by atoms with Gasteiger partial charge in [0.25, 0.3) is 5.91 Å². The van der Waals surface area contributed by atoms with Gasteiger partial charge in [0.15, 0.2) is 0 Å². The number of halogens is 1. The zero-order valence-electron chi connectivity index (χ0n) is 11.5. The number of aryl methyl sites for hydroxylation is 1. The van der Waals surface area contributed by atoms with Gasteiger partial charge in [-0.3, -0.25) is 4.79 Å². The van der Waals surface area contributed by atoms with Crippen LogP contribution in [0.25, 0.3) is 0 Å².